The van der Waals surface area contributed by atoms with Crippen molar-refractivity contribution in [3.63, 3.8) is 0 Å². The van der Waals surface area contributed by atoms with Crippen molar-refractivity contribution < 1.29 is 19.1 Å². The zero-order chi connectivity index (χ0) is 14.6. The van der Waals surface area contributed by atoms with Crippen molar-refractivity contribution in [1.29, 1.82) is 5.26 Å². The second kappa shape index (κ2) is 5.71. The summed E-state index contributed by atoms with van der Waals surface area (Å²) < 4.78 is 10.0. The first-order chi connectivity index (χ1) is 7.96. The molecule has 0 heterocycles. The third kappa shape index (κ3) is 6.74. The summed E-state index contributed by atoms with van der Waals surface area (Å²) in [4.78, 5) is 24.1. The number of ether oxygens (including phenoxy) is 2. The molecule has 0 saturated carbocycles. The fourth-order valence-corrected chi connectivity index (χ4v) is 0.908. The summed E-state index contributed by atoms with van der Waals surface area (Å²) in [5, 5.41) is 8.62. The van der Waals surface area contributed by atoms with Gasteiger partial charge in [-0.05, 0) is 41.5 Å². The smallest absolute Gasteiger partial charge is 0.420 e. The van der Waals surface area contributed by atoms with E-state index in [1.807, 2.05) is 0 Å². The van der Waals surface area contributed by atoms with Crippen LogP contribution in [0, 0.1) is 11.3 Å². The first-order valence-electron chi connectivity index (χ1n) is 5.57. The molecule has 6 nitrogen and oxygen atoms in total. The first kappa shape index (κ1) is 16.2. The molecule has 0 fully saturated rings. The van der Waals surface area contributed by atoms with E-state index < -0.39 is 29.9 Å². The fraction of sp³-hybridized carbons (Fsp3) is 0.750. The third-order valence-electron chi connectivity index (χ3n) is 1.46. The minimum absolute atomic E-state index is 0.413. The Bertz CT molecular complexity index is 330. The van der Waals surface area contributed by atoms with Crippen LogP contribution < -0.4 is 0 Å². The Morgan fingerprint density at radius 2 is 1.33 bits per heavy atom. The molecule has 0 N–H and O–H groups in total. The molecule has 0 atom stereocenters. The molecule has 6 heteroatoms. The zero-order valence-corrected chi connectivity index (χ0v) is 11.7. The third-order valence-corrected chi connectivity index (χ3v) is 1.46. The number of hydrogen-bond donors (Lipinski definition) is 0. The van der Waals surface area contributed by atoms with E-state index in [9.17, 15) is 9.59 Å². The molecule has 0 rings (SSSR count). The van der Waals surface area contributed by atoms with Crippen molar-refractivity contribution in [2.24, 2.45) is 0 Å². The Morgan fingerprint density at radius 3 is 1.56 bits per heavy atom. The lowest BCUT2D eigenvalue weighted by molar-refractivity contribution is 0.00403. The van der Waals surface area contributed by atoms with Crippen LogP contribution in [-0.2, 0) is 9.47 Å². The van der Waals surface area contributed by atoms with E-state index in [-0.39, 0.29) is 0 Å². The van der Waals surface area contributed by atoms with E-state index in [0.29, 0.717) is 4.90 Å². The van der Waals surface area contributed by atoms with Gasteiger partial charge >= 0.3 is 12.2 Å². The molecule has 0 spiro atoms. The van der Waals surface area contributed by atoms with Crippen LogP contribution in [0.5, 0.6) is 0 Å². The molecule has 0 radical (unpaired) electrons. The summed E-state index contributed by atoms with van der Waals surface area (Å²) >= 11 is 0. The van der Waals surface area contributed by atoms with Crippen molar-refractivity contribution >= 4 is 12.2 Å². The predicted molar refractivity (Wildman–Crippen MR) is 64.8 cm³/mol. The van der Waals surface area contributed by atoms with Gasteiger partial charge in [0.15, 0.2) is 0 Å². The minimum Gasteiger partial charge on any atom is -0.443 e. The van der Waals surface area contributed by atoms with Gasteiger partial charge in [-0.3, -0.25) is 0 Å². The molecule has 0 aliphatic carbocycles. The van der Waals surface area contributed by atoms with Crippen LogP contribution in [-0.4, -0.2) is 34.8 Å². The minimum atomic E-state index is -0.890. The average molecular weight is 256 g/mol. The van der Waals surface area contributed by atoms with Gasteiger partial charge in [0.25, 0.3) is 0 Å². The van der Waals surface area contributed by atoms with Gasteiger partial charge < -0.3 is 9.47 Å². The van der Waals surface area contributed by atoms with Crippen molar-refractivity contribution in [2.75, 3.05) is 6.54 Å². The Morgan fingerprint density at radius 1 is 1.00 bits per heavy atom. The number of hydrogen-bond acceptors (Lipinski definition) is 5. The molecule has 0 aromatic carbocycles. The Balaban J connectivity index is 4.82. The van der Waals surface area contributed by atoms with Crippen molar-refractivity contribution in [1.82, 2.24) is 4.90 Å². The summed E-state index contributed by atoms with van der Waals surface area (Å²) in [5.74, 6) is 0. The van der Waals surface area contributed by atoms with Crippen LogP contribution in [0.3, 0.4) is 0 Å². The van der Waals surface area contributed by atoms with Crippen LogP contribution in [0.1, 0.15) is 41.5 Å². The van der Waals surface area contributed by atoms with Crippen LogP contribution in [0.25, 0.3) is 0 Å². The number of amides is 2. The van der Waals surface area contributed by atoms with Crippen molar-refractivity contribution in [3.05, 3.63) is 0 Å². The summed E-state index contributed by atoms with van der Waals surface area (Å²) in [5.41, 5.74) is -1.49. The highest BCUT2D eigenvalue weighted by atomic mass is 16.6. The molecule has 0 aliphatic heterocycles. The van der Waals surface area contributed by atoms with Gasteiger partial charge in [0, 0.05) is 0 Å². The molecule has 18 heavy (non-hydrogen) atoms. The number of nitriles is 1. The van der Waals surface area contributed by atoms with E-state index in [2.05, 4.69) is 0 Å². The van der Waals surface area contributed by atoms with Crippen LogP contribution >= 0.6 is 0 Å². The van der Waals surface area contributed by atoms with Crippen LogP contribution in [0.4, 0.5) is 9.59 Å². The van der Waals surface area contributed by atoms with E-state index in [1.165, 1.54) is 0 Å². The van der Waals surface area contributed by atoms with Gasteiger partial charge in [-0.25, -0.2) is 9.59 Å². The molecule has 102 valence electrons. The number of rotatable bonds is 1. The molecular formula is C12H20N2O4. The largest absolute Gasteiger partial charge is 0.443 e. The van der Waals surface area contributed by atoms with Gasteiger partial charge in [-0.2, -0.15) is 10.2 Å². The highest BCUT2D eigenvalue weighted by Crippen LogP contribution is 2.14. The Labute approximate surface area is 107 Å². The summed E-state index contributed by atoms with van der Waals surface area (Å²) in [6.07, 6.45) is -1.78. The molecule has 0 saturated heterocycles. The molecule has 0 aromatic heterocycles. The molecule has 0 aliphatic rings. The van der Waals surface area contributed by atoms with Gasteiger partial charge in [-0.1, -0.05) is 0 Å². The normalized spacial score (nSPS) is 11.4. The van der Waals surface area contributed by atoms with E-state index in [4.69, 9.17) is 14.7 Å². The lowest BCUT2D eigenvalue weighted by atomic mass is 10.2. The number of imide groups is 1. The standard InChI is InChI=1S/C12H20N2O4/c1-11(2,3)17-9(15)14(8-7-13)10(16)18-12(4,5)6/h8H2,1-6H3. The summed E-state index contributed by atoms with van der Waals surface area (Å²) in [6.45, 7) is 9.61. The number of carbonyl (C=O) groups excluding carboxylic acids is 2. The summed E-state index contributed by atoms with van der Waals surface area (Å²) in [6, 6.07) is 1.73. The van der Waals surface area contributed by atoms with Crippen LogP contribution in [0.2, 0.25) is 0 Å². The molecule has 0 unspecified atom stereocenters. The highest BCUT2D eigenvalue weighted by Gasteiger charge is 2.30. The summed E-state index contributed by atoms with van der Waals surface area (Å²) in [7, 11) is 0. The van der Waals surface area contributed by atoms with E-state index in [1.54, 1.807) is 47.6 Å². The predicted octanol–water partition coefficient (Wildman–Crippen LogP) is 2.68. The lowest BCUT2D eigenvalue weighted by Crippen LogP contribution is -2.43. The molecular weight excluding hydrogens is 236 g/mol. The van der Waals surface area contributed by atoms with Gasteiger partial charge in [0.05, 0.1) is 6.07 Å². The lowest BCUT2D eigenvalue weighted by Gasteiger charge is -2.27. The topological polar surface area (TPSA) is 79.6 Å². The highest BCUT2D eigenvalue weighted by molar-refractivity contribution is 5.88. The SMILES string of the molecule is CC(C)(C)OC(=O)N(CC#N)C(=O)OC(C)(C)C. The van der Waals surface area contributed by atoms with E-state index in [0.717, 1.165) is 0 Å². The quantitative estimate of drug-likeness (QED) is 0.674. The second-order valence-electron chi connectivity index (χ2n) is 5.70. The number of carbonyl (C=O) groups is 2. The molecule has 2 amide bonds. The second-order valence-corrected chi connectivity index (χ2v) is 5.70. The Kier molecular flexibility index (Phi) is 5.15. The van der Waals surface area contributed by atoms with Crippen molar-refractivity contribution in [3.8, 4) is 6.07 Å². The first-order valence-corrected chi connectivity index (χ1v) is 5.57. The number of nitrogens with zero attached hydrogens (tertiary/aromatic N) is 2. The van der Waals surface area contributed by atoms with Crippen LogP contribution in [0.15, 0.2) is 0 Å². The zero-order valence-electron chi connectivity index (χ0n) is 11.7. The van der Waals surface area contributed by atoms with Gasteiger partial charge in [0.2, 0.25) is 0 Å². The van der Waals surface area contributed by atoms with Gasteiger partial charge in [0.1, 0.15) is 17.7 Å². The van der Waals surface area contributed by atoms with E-state index >= 15 is 0 Å². The molecule has 0 aromatic rings. The maximum Gasteiger partial charge on any atom is 0.420 e. The monoisotopic (exact) mass is 256 g/mol. The Hall–Kier alpha value is -1.77. The molecule has 0 bridgehead atoms. The van der Waals surface area contributed by atoms with Gasteiger partial charge in [-0.15, -0.1) is 0 Å². The average Bonchev–Trinajstić information content (AvgIpc) is 2.07. The maximum atomic E-state index is 11.7. The maximum absolute atomic E-state index is 11.7. The fourth-order valence-electron chi connectivity index (χ4n) is 0.908. The van der Waals surface area contributed by atoms with Crippen molar-refractivity contribution in [2.45, 2.75) is 52.7 Å².